The fourth-order valence-corrected chi connectivity index (χ4v) is 2.10. The molecule has 128 valence electrons. The van der Waals surface area contributed by atoms with Gasteiger partial charge in [0, 0.05) is 6.54 Å². The quantitative estimate of drug-likeness (QED) is 0.577. The van der Waals surface area contributed by atoms with E-state index in [0.29, 0.717) is 24.8 Å². The third-order valence-electron chi connectivity index (χ3n) is 3.27. The predicted molar refractivity (Wildman–Crippen MR) is 91.4 cm³/mol. The number of nitrogens with one attached hydrogen (secondary N) is 1. The van der Waals surface area contributed by atoms with E-state index in [4.69, 9.17) is 10.5 Å². The van der Waals surface area contributed by atoms with E-state index >= 15 is 0 Å². The first-order chi connectivity index (χ1) is 11.6. The van der Waals surface area contributed by atoms with Crippen LogP contribution in [0.15, 0.2) is 59.6 Å². The van der Waals surface area contributed by atoms with E-state index in [0.717, 1.165) is 12.0 Å². The summed E-state index contributed by atoms with van der Waals surface area (Å²) in [7, 11) is 0. The highest BCUT2D eigenvalue weighted by atomic mass is 19.3. The molecule has 0 amide bonds. The number of ether oxygens (including phenoxy) is 1. The van der Waals surface area contributed by atoms with Crippen LogP contribution in [0.2, 0.25) is 0 Å². The SMILES string of the molecule is NC(=NCc1cccc(OCC(F)F)c1)NCCc1ccccc1. The molecule has 24 heavy (non-hydrogen) atoms. The summed E-state index contributed by atoms with van der Waals surface area (Å²) in [5.74, 6) is 0.753. The highest BCUT2D eigenvalue weighted by molar-refractivity contribution is 5.77. The minimum atomic E-state index is -2.49. The van der Waals surface area contributed by atoms with Crippen molar-refractivity contribution >= 4 is 5.96 Å². The molecule has 0 saturated carbocycles. The van der Waals surface area contributed by atoms with Gasteiger partial charge in [-0.2, -0.15) is 0 Å². The number of hydrogen-bond donors (Lipinski definition) is 2. The lowest BCUT2D eigenvalue weighted by Crippen LogP contribution is -2.33. The second-order valence-corrected chi connectivity index (χ2v) is 5.21. The third kappa shape index (κ3) is 6.64. The van der Waals surface area contributed by atoms with E-state index < -0.39 is 13.0 Å². The summed E-state index contributed by atoms with van der Waals surface area (Å²) in [5, 5.41) is 3.05. The summed E-state index contributed by atoms with van der Waals surface area (Å²) in [6.45, 7) is 0.433. The summed E-state index contributed by atoms with van der Waals surface area (Å²) in [6, 6.07) is 17.0. The molecule has 0 aromatic heterocycles. The minimum absolute atomic E-state index is 0.352. The van der Waals surface area contributed by atoms with Crippen LogP contribution in [0.25, 0.3) is 0 Å². The molecule has 0 aliphatic heterocycles. The van der Waals surface area contributed by atoms with Gasteiger partial charge >= 0.3 is 0 Å². The van der Waals surface area contributed by atoms with E-state index in [2.05, 4.69) is 22.4 Å². The van der Waals surface area contributed by atoms with Gasteiger partial charge < -0.3 is 15.8 Å². The van der Waals surface area contributed by atoms with Crippen molar-refractivity contribution in [3.05, 3.63) is 65.7 Å². The molecule has 4 nitrogen and oxygen atoms in total. The van der Waals surface area contributed by atoms with Crippen LogP contribution in [0.4, 0.5) is 8.78 Å². The van der Waals surface area contributed by atoms with Crippen LogP contribution in [0.3, 0.4) is 0 Å². The molecular formula is C18H21F2N3O. The zero-order valence-electron chi connectivity index (χ0n) is 13.3. The van der Waals surface area contributed by atoms with Crippen molar-refractivity contribution in [3.8, 4) is 5.75 Å². The van der Waals surface area contributed by atoms with Crippen LogP contribution in [0, 0.1) is 0 Å². The van der Waals surface area contributed by atoms with Gasteiger partial charge in [0.1, 0.15) is 12.4 Å². The maximum Gasteiger partial charge on any atom is 0.272 e. The summed E-state index contributed by atoms with van der Waals surface area (Å²) >= 11 is 0. The highest BCUT2D eigenvalue weighted by Crippen LogP contribution is 2.14. The van der Waals surface area contributed by atoms with Crippen molar-refractivity contribution in [3.63, 3.8) is 0 Å². The lowest BCUT2D eigenvalue weighted by Gasteiger charge is -2.08. The Bertz CT molecular complexity index is 648. The Balaban J connectivity index is 1.78. The summed E-state index contributed by atoms with van der Waals surface area (Å²) in [6.07, 6.45) is -1.63. The van der Waals surface area contributed by atoms with E-state index in [1.807, 2.05) is 24.3 Å². The molecule has 3 N–H and O–H groups in total. The molecule has 0 bridgehead atoms. The van der Waals surface area contributed by atoms with Gasteiger partial charge in [-0.25, -0.2) is 13.8 Å². The first-order valence-electron chi connectivity index (χ1n) is 7.71. The molecule has 2 aromatic carbocycles. The van der Waals surface area contributed by atoms with Crippen LogP contribution >= 0.6 is 0 Å². The smallest absolute Gasteiger partial charge is 0.272 e. The minimum Gasteiger partial charge on any atom is -0.488 e. The number of benzene rings is 2. The Kier molecular flexibility index (Phi) is 7.01. The topological polar surface area (TPSA) is 59.6 Å². The summed E-state index contributed by atoms with van der Waals surface area (Å²) in [4.78, 5) is 4.24. The van der Waals surface area contributed by atoms with Gasteiger partial charge in [0.15, 0.2) is 5.96 Å². The molecule has 2 rings (SSSR count). The molecule has 0 spiro atoms. The first kappa shape index (κ1) is 17.7. The number of halogens is 2. The van der Waals surface area contributed by atoms with Crippen molar-refractivity contribution in [1.82, 2.24) is 5.32 Å². The fourth-order valence-electron chi connectivity index (χ4n) is 2.10. The van der Waals surface area contributed by atoms with Crippen LogP contribution in [-0.2, 0) is 13.0 Å². The molecule has 0 aliphatic carbocycles. The Hall–Kier alpha value is -2.63. The van der Waals surface area contributed by atoms with Gasteiger partial charge in [-0.15, -0.1) is 0 Å². The number of guanidine groups is 1. The van der Waals surface area contributed by atoms with E-state index in [-0.39, 0.29) is 0 Å². The van der Waals surface area contributed by atoms with Gasteiger partial charge in [0.25, 0.3) is 6.43 Å². The second-order valence-electron chi connectivity index (χ2n) is 5.21. The monoisotopic (exact) mass is 333 g/mol. The lowest BCUT2D eigenvalue weighted by atomic mass is 10.1. The van der Waals surface area contributed by atoms with Gasteiger partial charge in [-0.3, -0.25) is 0 Å². The van der Waals surface area contributed by atoms with Gasteiger partial charge in [0.2, 0.25) is 0 Å². The molecule has 0 atom stereocenters. The number of nitrogens with zero attached hydrogens (tertiary/aromatic N) is 1. The van der Waals surface area contributed by atoms with Gasteiger partial charge in [-0.05, 0) is 29.7 Å². The van der Waals surface area contributed by atoms with E-state index in [9.17, 15) is 8.78 Å². The standard InChI is InChI=1S/C18H21F2N3O/c19-17(20)13-24-16-8-4-7-15(11-16)12-23-18(21)22-10-9-14-5-2-1-3-6-14/h1-8,11,17H,9-10,12-13H2,(H3,21,22,23). The number of nitrogens with two attached hydrogens (primary N) is 1. The molecule has 0 saturated heterocycles. The van der Waals surface area contributed by atoms with Crippen molar-refractivity contribution in [2.75, 3.05) is 13.2 Å². The number of hydrogen-bond acceptors (Lipinski definition) is 2. The lowest BCUT2D eigenvalue weighted by molar-refractivity contribution is 0.0818. The maximum atomic E-state index is 12.1. The average molecular weight is 333 g/mol. The Morgan fingerprint density at radius 2 is 1.83 bits per heavy atom. The molecule has 6 heteroatoms. The molecule has 0 aliphatic rings. The fraction of sp³-hybridized carbons (Fsp3) is 0.278. The van der Waals surface area contributed by atoms with E-state index in [1.54, 1.807) is 18.2 Å². The van der Waals surface area contributed by atoms with Crippen molar-refractivity contribution in [2.24, 2.45) is 10.7 Å². The van der Waals surface area contributed by atoms with Crippen molar-refractivity contribution in [2.45, 2.75) is 19.4 Å². The van der Waals surface area contributed by atoms with Crippen LogP contribution < -0.4 is 15.8 Å². The largest absolute Gasteiger partial charge is 0.488 e. The predicted octanol–water partition coefficient (Wildman–Crippen LogP) is 2.98. The maximum absolute atomic E-state index is 12.1. The van der Waals surface area contributed by atoms with Crippen molar-refractivity contribution in [1.29, 1.82) is 0 Å². The summed E-state index contributed by atoms with van der Waals surface area (Å²) < 4.78 is 29.3. The number of rotatable bonds is 8. The third-order valence-corrected chi connectivity index (χ3v) is 3.27. The molecule has 0 fully saturated rings. The Morgan fingerprint density at radius 3 is 2.58 bits per heavy atom. The summed E-state index contributed by atoms with van der Waals surface area (Å²) in [5.41, 5.74) is 7.90. The second kappa shape index (κ2) is 9.50. The van der Waals surface area contributed by atoms with Crippen LogP contribution in [0.1, 0.15) is 11.1 Å². The average Bonchev–Trinajstić information content (AvgIpc) is 2.59. The van der Waals surface area contributed by atoms with Crippen LogP contribution in [-0.4, -0.2) is 25.5 Å². The Morgan fingerprint density at radius 1 is 1.08 bits per heavy atom. The highest BCUT2D eigenvalue weighted by Gasteiger charge is 2.04. The molecular weight excluding hydrogens is 312 g/mol. The van der Waals surface area contributed by atoms with Gasteiger partial charge in [-0.1, -0.05) is 42.5 Å². The Labute approximate surface area is 140 Å². The molecule has 0 unspecified atom stereocenters. The van der Waals surface area contributed by atoms with E-state index in [1.165, 1.54) is 5.56 Å². The van der Waals surface area contributed by atoms with Crippen LogP contribution in [0.5, 0.6) is 5.75 Å². The first-order valence-corrected chi connectivity index (χ1v) is 7.71. The normalized spacial score (nSPS) is 11.5. The molecule has 0 heterocycles. The molecule has 2 aromatic rings. The number of aliphatic imine (C=N–C) groups is 1. The zero-order chi connectivity index (χ0) is 17.2. The molecule has 0 radical (unpaired) electrons. The van der Waals surface area contributed by atoms with Gasteiger partial charge in [0.05, 0.1) is 6.54 Å². The number of alkyl halides is 2. The van der Waals surface area contributed by atoms with Crippen molar-refractivity contribution < 1.29 is 13.5 Å². The zero-order valence-corrected chi connectivity index (χ0v) is 13.3.